The van der Waals surface area contributed by atoms with Gasteiger partial charge in [0.1, 0.15) is 0 Å². The van der Waals surface area contributed by atoms with Crippen LogP contribution < -0.4 is 0 Å². The third-order valence-electron chi connectivity index (χ3n) is 3.24. The molecule has 0 unspecified atom stereocenters. The van der Waals surface area contributed by atoms with Crippen LogP contribution in [0.15, 0.2) is 34.9 Å². The Morgan fingerprint density at radius 2 is 2.20 bits per heavy atom. The molecule has 0 bridgehead atoms. The summed E-state index contributed by atoms with van der Waals surface area (Å²) in [5.74, 6) is 0.0613. The number of hydrogen-bond acceptors (Lipinski definition) is 3. The van der Waals surface area contributed by atoms with Crippen LogP contribution in [0.1, 0.15) is 20.3 Å². The molecule has 1 amide bonds. The first kappa shape index (κ1) is 16.2. The predicted molar refractivity (Wildman–Crippen MR) is 81.0 cm³/mol. The standard InChI is InChI=1S/C16H23N3O/c1-13(11-17)10-15-7-9-19(12-14(15)2)16(20)6-5-8-18(3)4/h5-6,10H,7-9,12H2,1-4H3/b6-5+,13-10+. The van der Waals surface area contributed by atoms with Crippen molar-refractivity contribution in [2.45, 2.75) is 20.3 Å². The maximum absolute atomic E-state index is 12.0. The summed E-state index contributed by atoms with van der Waals surface area (Å²) in [5, 5.41) is 8.82. The van der Waals surface area contributed by atoms with E-state index in [1.165, 1.54) is 11.1 Å². The highest BCUT2D eigenvalue weighted by Crippen LogP contribution is 2.20. The Morgan fingerprint density at radius 3 is 2.75 bits per heavy atom. The average Bonchev–Trinajstić information content (AvgIpc) is 2.40. The van der Waals surface area contributed by atoms with E-state index >= 15 is 0 Å². The molecule has 0 aliphatic carbocycles. The molecule has 4 nitrogen and oxygen atoms in total. The van der Waals surface area contributed by atoms with Crippen LogP contribution in [0.25, 0.3) is 0 Å². The van der Waals surface area contributed by atoms with E-state index in [1.54, 1.807) is 6.08 Å². The van der Waals surface area contributed by atoms with Gasteiger partial charge >= 0.3 is 0 Å². The van der Waals surface area contributed by atoms with Crippen molar-refractivity contribution in [3.63, 3.8) is 0 Å². The maximum atomic E-state index is 12.0. The molecule has 1 aliphatic rings. The molecule has 0 radical (unpaired) electrons. The Morgan fingerprint density at radius 1 is 1.50 bits per heavy atom. The number of rotatable bonds is 4. The van der Waals surface area contributed by atoms with E-state index < -0.39 is 0 Å². The van der Waals surface area contributed by atoms with Gasteiger partial charge in [-0.3, -0.25) is 4.79 Å². The molecule has 0 fully saturated rings. The predicted octanol–water partition coefficient (Wildman–Crippen LogP) is 2.12. The van der Waals surface area contributed by atoms with Gasteiger partial charge in [0.05, 0.1) is 6.07 Å². The molecular weight excluding hydrogens is 250 g/mol. The van der Waals surface area contributed by atoms with Gasteiger partial charge in [-0.15, -0.1) is 0 Å². The molecule has 20 heavy (non-hydrogen) atoms. The van der Waals surface area contributed by atoms with E-state index in [4.69, 9.17) is 5.26 Å². The van der Waals surface area contributed by atoms with Crippen molar-refractivity contribution in [2.24, 2.45) is 0 Å². The number of amides is 1. The maximum Gasteiger partial charge on any atom is 0.246 e. The van der Waals surface area contributed by atoms with Crippen LogP contribution in [0.2, 0.25) is 0 Å². The van der Waals surface area contributed by atoms with Crippen molar-refractivity contribution in [3.05, 3.63) is 34.9 Å². The lowest BCUT2D eigenvalue weighted by atomic mass is 9.99. The second kappa shape index (κ2) is 7.66. The van der Waals surface area contributed by atoms with Gasteiger partial charge in [-0.05, 0) is 46.0 Å². The lowest BCUT2D eigenvalue weighted by molar-refractivity contribution is -0.125. The van der Waals surface area contributed by atoms with Crippen molar-refractivity contribution in [1.82, 2.24) is 9.80 Å². The zero-order chi connectivity index (χ0) is 15.1. The highest BCUT2D eigenvalue weighted by molar-refractivity contribution is 5.88. The molecule has 0 aromatic heterocycles. The molecule has 0 saturated carbocycles. The molecule has 0 N–H and O–H groups in total. The lowest BCUT2D eigenvalue weighted by Gasteiger charge is -2.28. The van der Waals surface area contributed by atoms with Gasteiger partial charge in [0.15, 0.2) is 0 Å². The molecule has 1 heterocycles. The van der Waals surface area contributed by atoms with Crippen molar-refractivity contribution in [3.8, 4) is 6.07 Å². The first-order chi connectivity index (χ1) is 9.43. The minimum absolute atomic E-state index is 0.0613. The number of carbonyl (C=O) groups is 1. The zero-order valence-electron chi connectivity index (χ0n) is 12.8. The zero-order valence-corrected chi connectivity index (χ0v) is 12.8. The van der Waals surface area contributed by atoms with E-state index in [9.17, 15) is 4.79 Å². The van der Waals surface area contributed by atoms with Gasteiger partial charge in [-0.2, -0.15) is 5.26 Å². The Labute approximate surface area is 121 Å². The summed E-state index contributed by atoms with van der Waals surface area (Å²) >= 11 is 0. The third kappa shape index (κ3) is 5.02. The topological polar surface area (TPSA) is 47.3 Å². The highest BCUT2D eigenvalue weighted by atomic mass is 16.2. The fourth-order valence-corrected chi connectivity index (χ4v) is 2.08. The summed E-state index contributed by atoms with van der Waals surface area (Å²) < 4.78 is 0. The highest BCUT2D eigenvalue weighted by Gasteiger charge is 2.18. The van der Waals surface area contributed by atoms with Crippen molar-refractivity contribution in [2.75, 3.05) is 33.7 Å². The molecular formula is C16H23N3O. The molecule has 4 heteroatoms. The number of hydrogen-bond donors (Lipinski definition) is 0. The number of nitriles is 1. The van der Waals surface area contributed by atoms with Crippen LogP contribution in [0, 0.1) is 11.3 Å². The first-order valence-corrected chi connectivity index (χ1v) is 6.81. The Hall–Kier alpha value is -1.86. The Balaban J connectivity index is 2.66. The normalized spacial score (nSPS) is 17.0. The summed E-state index contributed by atoms with van der Waals surface area (Å²) in [6, 6.07) is 2.14. The van der Waals surface area contributed by atoms with Crippen molar-refractivity contribution < 1.29 is 4.79 Å². The minimum Gasteiger partial charge on any atom is -0.335 e. The fraction of sp³-hybridized carbons (Fsp3) is 0.500. The quantitative estimate of drug-likeness (QED) is 0.582. The summed E-state index contributed by atoms with van der Waals surface area (Å²) in [4.78, 5) is 15.9. The molecule has 0 spiro atoms. The molecule has 1 rings (SSSR count). The fourth-order valence-electron chi connectivity index (χ4n) is 2.08. The van der Waals surface area contributed by atoms with E-state index in [0.29, 0.717) is 18.7 Å². The number of nitrogens with zero attached hydrogens (tertiary/aromatic N) is 3. The van der Waals surface area contributed by atoms with E-state index in [0.717, 1.165) is 13.0 Å². The van der Waals surface area contributed by atoms with E-state index in [-0.39, 0.29) is 5.91 Å². The Bertz CT molecular complexity index is 492. The summed E-state index contributed by atoms with van der Waals surface area (Å²) in [6.45, 7) is 5.97. The van der Waals surface area contributed by atoms with Gasteiger partial charge in [0.25, 0.3) is 0 Å². The van der Waals surface area contributed by atoms with Gasteiger partial charge in [0, 0.05) is 31.3 Å². The van der Waals surface area contributed by atoms with Crippen LogP contribution in [-0.4, -0.2) is 49.4 Å². The molecule has 0 saturated heterocycles. The van der Waals surface area contributed by atoms with Crippen LogP contribution in [0.5, 0.6) is 0 Å². The average molecular weight is 273 g/mol. The molecule has 0 aromatic rings. The summed E-state index contributed by atoms with van der Waals surface area (Å²) in [6.07, 6.45) is 6.28. The summed E-state index contributed by atoms with van der Waals surface area (Å²) in [5.41, 5.74) is 3.07. The van der Waals surface area contributed by atoms with Crippen LogP contribution in [-0.2, 0) is 4.79 Å². The van der Waals surface area contributed by atoms with Crippen molar-refractivity contribution >= 4 is 5.91 Å². The van der Waals surface area contributed by atoms with Gasteiger partial charge in [-0.1, -0.05) is 11.6 Å². The molecule has 108 valence electrons. The van der Waals surface area contributed by atoms with Crippen molar-refractivity contribution in [1.29, 1.82) is 5.26 Å². The lowest BCUT2D eigenvalue weighted by Crippen LogP contribution is -2.35. The first-order valence-electron chi connectivity index (χ1n) is 6.81. The largest absolute Gasteiger partial charge is 0.335 e. The second-order valence-corrected chi connectivity index (χ2v) is 5.42. The minimum atomic E-state index is 0.0613. The van der Waals surface area contributed by atoms with E-state index in [2.05, 4.69) is 6.07 Å². The Kier molecular flexibility index (Phi) is 6.20. The van der Waals surface area contributed by atoms with Gasteiger partial charge in [0.2, 0.25) is 5.91 Å². The number of allylic oxidation sites excluding steroid dienone is 2. The molecule has 1 aliphatic heterocycles. The van der Waals surface area contributed by atoms with Gasteiger partial charge < -0.3 is 9.80 Å². The third-order valence-corrected chi connectivity index (χ3v) is 3.24. The van der Waals surface area contributed by atoms with E-state index in [1.807, 2.05) is 49.9 Å². The number of likely N-dealkylation sites (N-methyl/N-ethyl adjacent to an activating group) is 1. The summed E-state index contributed by atoms with van der Waals surface area (Å²) in [7, 11) is 3.94. The van der Waals surface area contributed by atoms with Crippen LogP contribution in [0.3, 0.4) is 0 Å². The molecule has 0 aromatic carbocycles. The van der Waals surface area contributed by atoms with Gasteiger partial charge in [-0.25, -0.2) is 0 Å². The number of carbonyl (C=O) groups excluding carboxylic acids is 1. The second-order valence-electron chi connectivity index (χ2n) is 5.42. The van der Waals surface area contributed by atoms with Crippen LogP contribution in [0.4, 0.5) is 0 Å². The smallest absolute Gasteiger partial charge is 0.246 e. The monoisotopic (exact) mass is 273 g/mol. The molecule has 0 atom stereocenters. The van der Waals surface area contributed by atoms with Crippen LogP contribution >= 0.6 is 0 Å². The SMILES string of the molecule is CC1=C(/C=C(\C)C#N)CCN(C(=O)/C=C/CN(C)C)C1.